The van der Waals surface area contributed by atoms with Crippen molar-refractivity contribution in [2.45, 2.75) is 18.7 Å². The van der Waals surface area contributed by atoms with Crippen LogP contribution >= 0.6 is 23.8 Å². The molecule has 0 fully saturated rings. The Morgan fingerprint density at radius 1 is 0.903 bits per heavy atom. The Bertz CT molecular complexity index is 1240. The summed E-state index contributed by atoms with van der Waals surface area (Å²) in [6.45, 7) is 3.88. The van der Waals surface area contributed by atoms with E-state index in [-0.39, 0.29) is 10.0 Å². The number of aryl methyl sites for hydroxylation is 2. The van der Waals surface area contributed by atoms with Gasteiger partial charge < -0.3 is 5.32 Å². The molecule has 3 rings (SSSR count). The predicted molar refractivity (Wildman–Crippen MR) is 128 cm³/mol. The summed E-state index contributed by atoms with van der Waals surface area (Å²) in [4.78, 5) is 12.4. The molecule has 0 aliphatic carbocycles. The van der Waals surface area contributed by atoms with Gasteiger partial charge in [-0.15, -0.1) is 0 Å². The molecule has 1 amide bonds. The van der Waals surface area contributed by atoms with Gasteiger partial charge in [-0.05, 0) is 85.7 Å². The standard InChI is InChI=1S/C22H20ClN3O3S2/c1-14-7-8-17(13-15(14)2)26-31(28,29)18-11-9-16(10-12-18)24-22(30)25-21(27)19-5-3-4-6-20(19)23/h3-13,26H,1-2H3,(H2,24,25,27,30). The first-order chi connectivity index (χ1) is 14.7. The maximum Gasteiger partial charge on any atom is 0.261 e. The van der Waals surface area contributed by atoms with Crippen molar-refractivity contribution < 1.29 is 13.2 Å². The van der Waals surface area contributed by atoms with Crippen LogP contribution in [0.5, 0.6) is 0 Å². The van der Waals surface area contributed by atoms with Crippen molar-refractivity contribution in [1.82, 2.24) is 5.32 Å². The Morgan fingerprint density at radius 3 is 2.19 bits per heavy atom. The van der Waals surface area contributed by atoms with Crippen LogP contribution in [0, 0.1) is 13.8 Å². The first kappa shape index (κ1) is 22.7. The number of halogens is 1. The van der Waals surface area contributed by atoms with Crippen molar-refractivity contribution >= 4 is 56.2 Å². The molecule has 160 valence electrons. The van der Waals surface area contributed by atoms with Gasteiger partial charge in [0.15, 0.2) is 5.11 Å². The highest BCUT2D eigenvalue weighted by atomic mass is 35.5. The van der Waals surface area contributed by atoms with Gasteiger partial charge >= 0.3 is 0 Å². The molecule has 6 nitrogen and oxygen atoms in total. The monoisotopic (exact) mass is 473 g/mol. The summed E-state index contributed by atoms with van der Waals surface area (Å²) < 4.78 is 27.8. The minimum atomic E-state index is -3.74. The van der Waals surface area contributed by atoms with E-state index in [0.717, 1.165) is 11.1 Å². The number of anilines is 2. The Labute approximate surface area is 191 Å². The van der Waals surface area contributed by atoms with E-state index < -0.39 is 15.9 Å². The molecule has 0 aromatic heterocycles. The minimum absolute atomic E-state index is 0.0637. The average Bonchev–Trinajstić information content (AvgIpc) is 2.71. The first-order valence-corrected chi connectivity index (χ1v) is 11.5. The number of carbonyl (C=O) groups excluding carboxylic acids is 1. The molecule has 0 spiro atoms. The molecule has 0 aliphatic rings. The van der Waals surface area contributed by atoms with Gasteiger partial charge in [-0.1, -0.05) is 29.8 Å². The zero-order chi connectivity index (χ0) is 22.6. The molecule has 0 bridgehead atoms. The summed E-state index contributed by atoms with van der Waals surface area (Å²) in [5.74, 6) is -0.445. The molecule has 3 aromatic carbocycles. The predicted octanol–water partition coefficient (Wildman–Crippen LogP) is 4.88. The summed E-state index contributed by atoms with van der Waals surface area (Å²) in [6, 6.07) is 18.0. The fourth-order valence-electron chi connectivity index (χ4n) is 2.71. The van der Waals surface area contributed by atoms with Crippen LogP contribution in [0.1, 0.15) is 21.5 Å². The molecule has 3 N–H and O–H groups in total. The van der Waals surface area contributed by atoms with Crippen molar-refractivity contribution in [2.24, 2.45) is 0 Å². The molecule has 3 aromatic rings. The minimum Gasteiger partial charge on any atom is -0.332 e. The topological polar surface area (TPSA) is 87.3 Å². The highest BCUT2D eigenvalue weighted by Crippen LogP contribution is 2.20. The zero-order valence-corrected chi connectivity index (χ0v) is 19.2. The van der Waals surface area contributed by atoms with E-state index in [9.17, 15) is 13.2 Å². The van der Waals surface area contributed by atoms with Crippen molar-refractivity contribution in [3.8, 4) is 0 Å². The number of amides is 1. The zero-order valence-electron chi connectivity index (χ0n) is 16.8. The second-order valence-corrected chi connectivity index (χ2v) is 9.31. The van der Waals surface area contributed by atoms with E-state index in [1.807, 2.05) is 19.9 Å². The highest BCUT2D eigenvalue weighted by Gasteiger charge is 2.15. The maximum absolute atomic E-state index is 12.6. The van der Waals surface area contributed by atoms with Crippen molar-refractivity contribution in [3.63, 3.8) is 0 Å². The van der Waals surface area contributed by atoms with Crippen LogP contribution in [-0.2, 0) is 10.0 Å². The number of sulfonamides is 1. The van der Waals surface area contributed by atoms with Crippen molar-refractivity contribution in [2.75, 3.05) is 10.0 Å². The van der Waals surface area contributed by atoms with Gasteiger partial charge in [0, 0.05) is 11.4 Å². The number of benzene rings is 3. The van der Waals surface area contributed by atoms with Crippen LogP contribution in [0.25, 0.3) is 0 Å². The molecule has 0 atom stereocenters. The quantitative estimate of drug-likeness (QED) is 0.459. The van der Waals surface area contributed by atoms with E-state index in [0.29, 0.717) is 22.0 Å². The summed E-state index contributed by atoms with van der Waals surface area (Å²) in [6.07, 6.45) is 0. The fourth-order valence-corrected chi connectivity index (χ4v) is 4.20. The molecule has 9 heteroatoms. The van der Waals surface area contributed by atoms with Crippen molar-refractivity contribution in [1.29, 1.82) is 0 Å². The Balaban J connectivity index is 1.65. The van der Waals surface area contributed by atoms with Crippen LogP contribution in [0.4, 0.5) is 11.4 Å². The highest BCUT2D eigenvalue weighted by molar-refractivity contribution is 7.92. The molecule has 0 saturated heterocycles. The van der Waals surface area contributed by atoms with Crippen LogP contribution < -0.4 is 15.4 Å². The molecule has 0 unspecified atom stereocenters. The second kappa shape index (κ2) is 9.47. The van der Waals surface area contributed by atoms with Crippen LogP contribution in [0.3, 0.4) is 0 Å². The van der Waals surface area contributed by atoms with Gasteiger partial charge in [0.1, 0.15) is 0 Å². The molecule has 0 aliphatic heterocycles. The Morgan fingerprint density at radius 2 is 1.55 bits per heavy atom. The number of thiocarbonyl (C=S) groups is 1. The Kier molecular flexibility index (Phi) is 6.94. The third-order valence-electron chi connectivity index (χ3n) is 4.53. The number of nitrogens with one attached hydrogen (secondary N) is 3. The smallest absolute Gasteiger partial charge is 0.261 e. The van der Waals surface area contributed by atoms with Crippen molar-refractivity contribution in [3.05, 3.63) is 88.4 Å². The lowest BCUT2D eigenvalue weighted by molar-refractivity contribution is 0.0978. The molecular weight excluding hydrogens is 454 g/mol. The van der Waals surface area contributed by atoms with Gasteiger partial charge in [0.25, 0.3) is 15.9 Å². The lowest BCUT2D eigenvalue weighted by Crippen LogP contribution is -2.34. The normalized spacial score (nSPS) is 10.9. The molecule has 31 heavy (non-hydrogen) atoms. The van der Waals surface area contributed by atoms with Gasteiger partial charge in [-0.2, -0.15) is 0 Å². The summed E-state index contributed by atoms with van der Waals surface area (Å²) >= 11 is 11.2. The van der Waals surface area contributed by atoms with Gasteiger partial charge in [-0.25, -0.2) is 8.42 Å². The lowest BCUT2D eigenvalue weighted by Gasteiger charge is -2.12. The number of rotatable bonds is 5. The van der Waals surface area contributed by atoms with E-state index in [1.54, 1.807) is 48.5 Å². The van der Waals surface area contributed by atoms with E-state index in [2.05, 4.69) is 15.4 Å². The van der Waals surface area contributed by atoms with Gasteiger partial charge in [-0.3, -0.25) is 14.8 Å². The second-order valence-electron chi connectivity index (χ2n) is 6.82. The third kappa shape index (κ3) is 5.81. The Hall–Kier alpha value is -2.94. The van der Waals surface area contributed by atoms with Crippen LogP contribution in [0.15, 0.2) is 71.6 Å². The summed E-state index contributed by atoms with van der Waals surface area (Å²) in [5, 5.41) is 5.76. The average molecular weight is 474 g/mol. The molecule has 0 heterocycles. The van der Waals surface area contributed by atoms with Crippen LogP contribution in [0.2, 0.25) is 5.02 Å². The third-order valence-corrected chi connectivity index (χ3v) is 6.46. The number of hydrogen-bond acceptors (Lipinski definition) is 4. The van der Waals surface area contributed by atoms with Crippen LogP contribution in [-0.4, -0.2) is 19.4 Å². The SMILES string of the molecule is Cc1ccc(NS(=O)(=O)c2ccc(NC(=S)NC(=O)c3ccccc3Cl)cc2)cc1C. The largest absolute Gasteiger partial charge is 0.332 e. The van der Waals surface area contributed by atoms with E-state index in [4.69, 9.17) is 23.8 Å². The molecular formula is C22H20ClN3O3S2. The summed E-state index contributed by atoms with van der Waals surface area (Å²) in [7, 11) is -3.74. The van der Waals surface area contributed by atoms with E-state index in [1.165, 1.54) is 12.1 Å². The molecule has 0 saturated carbocycles. The van der Waals surface area contributed by atoms with E-state index >= 15 is 0 Å². The first-order valence-electron chi connectivity index (χ1n) is 9.23. The fraction of sp³-hybridized carbons (Fsp3) is 0.0909. The van der Waals surface area contributed by atoms with Gasteiger partial charge in [0.05, 0.1) is 15.5 Å². The summed E-state index contributed by atoms with van der Waals surface area (Å²) in [5.41, 5.74) is 3.39. The molecule has 0 radical (unpaired) electrons. The van der Waals surface area contributed by atoms with Gasteiger partial charge in [0.2, 0.25) is 0 Å². The lowest BCUT2D eigenvalue weighted by atomic mass is 10.1. The number of carbonyl (C=O) groups is 1. The number of hydrogen-bond donors (Lipinski definition) is 3. The maximum atomic E-state index is 12.6.